The first-order chi connectivity index (χ1) is 8.66. The highest BCUT2D eigenvalue weighted by molar-refractivity contribution is 14.1. The zero-order valence-corrected chi connectivity index (χ0v) is 11.7. The summed E-state index contributed by atoms with van der Waals surface area (Å²) in [4.78, 5) is 11.9. The summed E-state index contributed by atoms with van der Waals surface area (Å²) in [6.07, 6.45) is 3.22. The third kappa shape index (κ3) is 3.20. The lowest BCUT2D eigenvalue weighted by Crippen LogP contribution is -1.94. The van der Waals surface area contributed by atoms with Crippen molar-refractivity contribution in [1.82, 2.24) is 0 Å². The average Bonchev–Trinajstić information content (AvgIpc) is 2.37. The van der Waals surface area contributed by atoms with E-state index in [0.717, 1.165) is 9.13 Å². The number of rotatable bonds is 3. The van der Waals surface area contributed by atoms with Crippen molar-refractivity contribution in [2.75, 3.05) is 0 Å². The van der Waals surface area contributed by atoms with Crippen LogP contribution in [0.15, 0.2) is 54.6 Å². The van der Waals surface area contributed by atoms with Gasteiger partial charge in [-0.25, -0.2) is 0 Å². The lowest BCUT2D eigenvalue weighted by atomic mass is 10.1. The van der Waals surface area contributed by atoms with Crippen molar-refractivity contribution in [3.05, 3.63) is 69.3 Å². The quantitative estimate of drug-likeness (QED) is 0.518. The second-order valence-electron chi connectivity index (χ2n) is 3.77. The summed E-state index contributed by atoms with van der Waals surface area (Å²) >= 11 is 2.22. The molecule has 90 valence electrons. The summed E-state index contributed by atoms with van der Waals surface area (Å²) in [6.45, 7) is 0. The van der Waals surface area contributed by atoms with Crippen molar-refractivity contribution in [1.29, 1.82) is 0 Å². The van der Waals surface area contributed by atoms with Crippen LogP contribution in [0.1, 0.15) is 15.9 Å². The molecule has 0 aliphatic carbocycles. The van der Waals surface area contributed by atoms with Gasteiger partial charge in [0.25, 0.3) is 0 Å². The Kier molecular flexibility index (Phi) is 4.15. The van der Waals surface area contributed by atoms with Gasteiger partial charge in [-0.05, 0) is 58.5 Å². The Labute approximate surface area is 119 Å². The molecule has 0 aromatic heterocycles. The maximum Gasteiger partial charge on any atom is 0.189 e. The summed E-state index contributed by atoms with van der Waals surface area (Å²) in [5.41, 5.74) is 1.28. The Bertz CT molecular complexity index is 603. The minimum atomic E-state index is -0.202. The maximum atomic E-state index is 11.9. The largest absolute Gasteiger partial charge is 0.507 e. The van der Waals surface area contributed by atoms with E-state index in [-0.39, 0.29) is 11.5 Å². The van der Waals surface area contributed by atoms with Crippen LogP contribution in [-0.2, 0) is 0 Å². The monoisotopic (exact) mass is 350 g/mol. The fourth-order valence-electron chi connectivity index (χ4n) is 1.55. The van der Waals surface area contributed by atoms with Gasteiger partial charge in [-0.15, -0.1) is 0 Å². The number of para-hydroxylation sites is 1. The molecule has 2 aromatic rings. The van der Waals surface area contributed by atoms with Crippen molar-refractivity contribution in [3.8, 4) is 5.75 Å². The van der Waals surface area contributed by atoms with Gasteiger partial charge in [-0.2, -0.15) is 0 Å². The molecule has 0 saturated heterocycles. The number of hydrogen-bond acceptors (Lipinski definition) is 2. The van der Waals surface area contributed by atoms with E-state index in [9.17, 15) is 9.90 Å². The summed E-state index contributed by atoms with van der Waals surface area (Å²) in [5, 5.41) is 9.57. The molecule has 0 heterocycles. The molecule has 18 heavy (non-hydrogen) atoms. The number of phenols is 1. The first kappa shape index (κ1) is 12.8. The van der Waals surface area contributed by atoms with Crippen molar-refractivity contribution >= 4 is 34.5 Å². The molecule has 0 radical (unpaired) electrons. The van der Waals surface area contributed by atoms with E-state index >= 15 is 0 Å². The zero-order chi connectivity index (χ0) is 13.0. The minimum absolute atomic E-state index is 0.00907. The van der Waals surface area contributed by atoms with E-state index < -0.39 is 0 Å². The van der Waals surface area contributed by atoms with E-state index in [1.807, 2.05) is 24.3 Å². The number of hydrogen-bond donors (Lipinski definition) is 1. The summed E-state index contributed by atoms with van der Waals surface area (Å²) in [7, 11) is 0. The Balaban J connectivity index is 2.20. The first-order valence-corrected chi connectivity index (χ1v) is 6.50. The highest BCUT2D eigenvalue weighted by atomic mass is 127. The average molecular weight is 350 g/mol. The standard InChI is InChI=1S/C15H11IO2/c16-12-5-3-4-11(10-12)8-9-15(18)13-6-1-2-7-14(13)17/h1-10,17H. The molecule has 2 rings (SSSR count). The third-order valence-electron chi connectivity index (χ3n) is 2.45. The first-order valence-electron chi connectivity index (χ1n) is 5.43. The molecule has 0 aliphatic rings. The summed E-state index contributed by atoms with van der Waals surface area (Å²) in [6, 6.07) is 14.4. The van der Waals surface area contributed by atoms with Crippen LogP contribution in [0.4, 0.5) is 0 Å². The van der Waals surface area contributed by atoms with Crippen molar-refractivity contribution in [2.45, 2.75) is 0 Å². The predicted octanol–water partition coefficient (Wildman–Crippen LogP) is 3.89. The highest BCUT2D eigenvalue weighted by Gasteiger charge is 2.06. The molecule has 1 N–H and O–H groups in total. The van der Waals surface area contributed by atoms with Crippen molar-refractivity contribution in [3.63, 3.8) is 0 Å². The van der Waals surface area contributed by atoms with Gasteiger partial charge in [0.1, 0.15) is 5.75 Å². The SMILES string of the molecule is O=C(C=Cc1cccc(I)c1)c1ccccc1O. The molecule has 0 saturated carbocycles. The Morgan fingerprint density at radius 1 is 1.11 bits per heavy atom. The molecule has 0 aliphatic heterocycles. The Morgan fingerprint density at radius 2 is 1.89 bits per heavy atom. The van der Waals surface area contributed by atoms with E-state index in [1.54, 1.807) is 24.3 Å². The van der Waals surface area contributed by atoms with E-state index in [4.69, 9.17) is 0 Å². The molecular formula is C15H11IO2. The smallest absolute Gasteiger partial charge is 0.189 e. The van der Waals surface area contributed by atoms with Gasteiger partial charge in [-0.3, -0.25) is 4.79 Å². The molecule has 0 amide bonds. The van der Waals surface area contributed by atoms with E-state index in [1.165, 1.54) is 12.1 Å². The summed E-state index contributed by atoms with van der Waals surface area (Å²) < 4.78 is 1.12. The number of phenolic OH excluding ortho intramolecular Hbond substituents is 1. The number of ketones is 1. The van der Waals surface area contributed by atoms with Crippen LogP contribution in [0.2, 0.25) is 0 Å². The van der Waals surface area contributed by atoms with Crippen LogP contribution in [0.5, 0.6) is 5.75 Å². The number of carbonyl (C=O) groups excluding carboxylic acids is 1. The van der Waals surface area contributed by atoms with Crippen LogP contribution in [-0.4, -0.2) is 10.9 Å². The lowest BCUT2D eigenvalue weighted by Gasteiger charge is -1.99. The van der Waals surface area contributed by atoms with Crippen LogP contribution in [0.25, 0.3) is 6.08 Å². The molecule has 0 atom stereocenters. The topological polar surface area (TPSA) is 37.3 Å². The van der Waals surface area contributed by atoms with Gasteiger partial charge < -0.3 is 5.11 Å². The lowest BCUT2D eigenvalue weighted by molar-refractivity contribution is 0.104. The Hall–Kier alpha value is -1.62. The third-order valence-corrected chi connectivity index (χ3v) is 3.12. The summed E-state index contributed by atoms with van der Waals surface area (Å²) in [5.74, 6) is -0.193. The molecule has 2 aromatic carbocycles. The fourth-order valence-corrected chi connectivity index (χ4v) is 2.12. The van der Waals surface area contributed by atoms with Gasteiger partial charge in [0, 0.05) is 3.57 Å². The number of benzene rings is 2. The Morgan fingerprint density at radius 3 is 2.61 bits per heavy atom. The number of allylic oxidation sites excluding steroid dienone is 1. The number of carbonyl (C=O) groups is 1. The molecule has 0 spiro atoms. The normalized spacial score (nSPS) is 10.7. The molecule has 0 bridgehead atoms. The molecule has 0 unspecified atom stereocenters. The van der Waals surface area contributed by atoms with Gasteiger partial charge in [0.05, 0.1) is 5.56 Å². The van der Waals surface area contributed by atoms with E-state index in [2.05, 4.69) is 22.6 Å². The molecule has 3 heteroatoms. The van der Waals surface area contributed by atoms with Gasteiger partial charge in [-0.1, -0.05) is 30.3 Å². The van der Waals surface area contributed by atoms with Crippen LogP contribution in [0, 0.1) is 3.57 Å². The van der Waals surface area contributed by atoms with Gasteiger partial charge >= 0.3 is 0 Å². The predicted molar refractivity (Wildman–Crippen MR) is 80.6 cm³/mol. The van der Waals surface area contributed by atoms with Crippen LogP contribution >= 0.6 is 22.6 Å². The fraction of sp³-hybridized carbons (Fsp3) is 0. The zero-order valence-electron chi connectivity index (χ0n) is 9.51. The van der Waals surface area contributed by atoms with Crippen molar-refractivity contribution < 1.29 is 9.90 Å². The van der Waals surface area contributed by atoms with Crippen molar-refractivity contribution in [2.24, 2.45) is 0 Å². The number of halogens is 1. The van der Waals surface area contributed by atoms with Gasteiger partial charge in [0.2, 0.25) is 0 Å². The van der Waals surface area contributed by atoms with Gasteiger partial charge in [0.15, 0.2) is 5.78 Å². The highest BCUT2D eigenvalue weighted by Crippen LogP contribution is 2.17. The molecule has 0 fully saturated rings. The minimum Gasteiger partial charge on any atom is -0.507 e. The van der Waals surface area contributed by atoms with Crippen LogP contribution < -0.4 is 0 Å². The van der Waals surface area contributed by atoms with E-state index in [0.29, 0.717) is 5.56 Å². The molecular weight excluding hydrogens is 339 g/mol. The number of aromatic hydroxyl groups is 1. The molecule has 2 nitrogen and oxygen atoms in total. The van der Waals surface area contributed by atoms with Crippen LogP contribution in [0.3, 0.4) is 0 Å². The second-order valence-corrected chi connectivity index (χ2v) is 5.02. The second kappa shape index (κ2) is 5.82. The maximum absolute atomic E-state index is 11.9.